The van der Waals surface area contributed by atoms with Crippen molar-refractivity contribution in [1.29, 1.82) is 0 Å². The molecule has 5 nitrogen and oxygen atoms in total. The number of nitrogens with zero attached hydrogens (tertiary/aromatic N) is 1. The van der Waals surface area contributed by atoms with E-state index < -0.39 is 5.92 Å². The van der Waals surface area contributed by atoms with E-state index in [-0.39, 0.29) is 24.8 Å². The Labute approximate surface area is 155 Å². The summed E-state index contributed by atoms with van der Waals surface area (Å²) < 4.78 is 5.08. The number of hydrogen-bond acceptors (Lipinski definition) is 3. The van der Waals surface area contributed by atoms with Crippen molar-refractivity contribution < 1.29 is 14.3 Å². The lowest BCUT2D eigenvalue weighted by Crippen LogP contribution is -2.28. The van der Waals surface area contributed by atoms with Crippen LogP contribution in [-0.4, -0.2) is 25.5 Å². The molecule has 1 N–H and O–H groups in total. The lowest BCUT2D eigenvalue weighted by atomic mass is 10.1. The third-order valence-electron chi connectivity index (χ3n) is 4.05. The molecule has 0 bridgehead atoms. The Bertz CT molecular complexity index is 808. The van der Waals surface area contributed by atoms with Crippen LogP contribution in [0.25, 0.3) is 0 Å². The highest BCUT2D eigenvalue weighted by Gasteiger charge is 2.36. The summed E-state index contributed by atoms with van der Waals surface area (Å²) in [6.07, 6.45) is 0.130. The van der Waals surface area contributed by atoms with Crippen LogP contribution < -0.4 is 15.0 Å². The fourth-order valence-corrected chi connectivity index (χ4v) is 3.11. The van der Waals surface area contributed by atoms with Crippen LogP contribution in [0.5, 0.6) is 5.75 Å². The normalized spacial score (nSPS) is 16.8. The number of nitrogens with one attached hydrogen (secondary N) is 1. The molecule has 0 aromatic heterocycles. The van der Waals surface area contributed by atoms with Crippen LogP contribution in [0.1, 0.15) is 6.42 Å². The molecule has 0 saturated carbocycles. The molecule has 1 aliphatic heterocycles. The van der Waals surface area contributed by atoms with E-state index in [0.717, 1.165) is 0 Å². The molecule has 0 aliphatic carbocycles. The minimum absolute atomic E-state index is 0.130. The quantitative estimate of drug-likeness (QED) is 0.874. The van der Waals surface area contributed by atoms with E-state index in [0.29, 0.717) is 27.2 Å². The molecule has 25 heavy (non-hydrogen) atoms. The molecular weight excluding hydrogens is 363 g/mol. The average Bonchev–Trinajstić information content (AvgIpc) is 2.99. The second-order valence-corrected chi connectivity index (χ2v) is 6.56. The fourth-order valence-electron chi connectivity index (χ4n) is 2.73. The highest BCUT2D eigenvalue weighted by molar-refractivity contribution is 6.36. The lowest BCUT2D eigenvalue weighted by Gasteiger charge is -2.18. The molecule has 0 spiro atoms. The van der Waals surface area contributed by atoms with Gasteiger partial charge in [0, 0.05) is 23.7 Å². The van der Waals surface area contributed by atoms with Gasteiger partial charge >= 0.3 is 0 Å². The molecule has 1 saturated heterocycles. The largest absolute Gasteiger partial charge is 0.497 e. The number of anilines is 2. The predicted molar refractivity (Wildman–Crippen MR) is 98.5 cm³/mol. The van der Waals surface area contributed by atoms with Crippen molar-refractivity contribution in [2.75, 3.05) is 23.9 Å². The van der Waals surface area contributed by atoms with Crippen molar-refractivity contribution in [3.8, 4) is 5.75 Å². The number of amides is 2. The zero-order chi connectivity index (χ0) is 18.0. The smallest absolute Gasteiger partial charge is 0.229 e. The van der Waals surface area contributed by atoms with E-state index in [1.165, 1.54) is 4.90 Å². The number of rotatable bonds is 4. The van der Waals surface area contributed by atoms with Gasteiger partial charge in [0.15, 0.2) is 0 Å². The second kappa shape index (κ2) is 7.33. The van der Waals surface area contributed by atoms with Crippen LogP contribution in [0, 0.1) is 5.92 Å². The van der Waals surface area contributed by atoms with Crippen molar-refractivity contribution in [1.82, 2.24) is 0 Å². The number of hydrogen-bond donors (Lipinski definition) is 1. The third-order valence-corrected chi connectivity index (χ3v) is 4.61. The van der Waals surface area contributed by atoms with Crippen LogP contribution in [0.15, 0.2) is 42.5 Å². The van der Waals surface area contributed by atoms with Crippen molar-refractivity contribution in [2.45, 2.75) is 6.42 Å². The minimum Gasteiger partial charge on any atom is -0.497 e. The van der Waals surface area contributed by atoms with Crippen molar-refractivity contribution in [2.24, 2.45) is 5.92 Å². The number of halogens is 2. The maximum atomic E-state index is 12.5. The minimum atomic E-state index is -0.454. The van der Waals surface area contributed by atoms with E-state index in [2.05, 4.69) is 5.32 Å². The molecule has 2 aromatic rings. The van der Waals surface area contributed by atoms with Crippen molar-refractivity contribution >= 4 is 46.4 Å². The highest BCUT2D eigenvalue weighted by atomic mass is 35.5. The number of ether oxygens (including phenoxy) is 1. The van der Waals surface area contributed by atoms with Crippen LogP contribution in [0.3, 0.4) is 0 Å². The van der Waals surface area contributed by atoms with Gasteiger partial charge in [-0.2, -0.15) is 0 Å². The molecule has 130 valence electrons. The third kappa shape index (κ3) is 3.89. The maximum absolute atomic E-state index is 12.5. The molecule has 1 fully saturated rings. The Morgan fingerprint density at radius 3 is 2.60 bits per heavy atom. The second-order valence-electron chi connectivity index (χ2n) is 5.72. The van der Waals surface area contributed by atoms with Gasteiger partial charge in [-0.1, -0.05) is 23.2 Å². The summed E-state index contributed by atoms with van der Waals surface area (Å²) >= 11 is 12.2. The summed E-state index contributed by atoms with van der Waals surface area (Å²) in [6.45, 7) is 0.265. The maximum Gasteiger partial charge on any atom is 0.229 e. The molecule has 0 radical (unpaired) electrons. The van der Waals surface area contributed by atoms with Gasteiger partial charge in [0.05, 0.1) is 23.7 Å². The van der Waals surface area contributed by atoms with Crippen molar-refractivity contribution in [3.05, 3.63) is 52.5 Å². The Balaban J connectivity index is 1.71. The molecular formula is C18H16Cl2N2O3. The van der Waals surface area contributed by atoms with E-state index in [1.807, 2.05) is 0 Å². The number of carbonyl (C=O) groups is 2. The summed E-state index contributed by atoms with van der Waals surface area (Å²) in [7, 11) is 1.58. The first-order valence-electron chi connectivity index (χ1n) is 7.68. The summed E-state index contributed by atoms with van der Waals surface area (Å²) in [5, 5.41) is 3.73. The molecule has 2 amide bonds. The Kier molecular flexibility index (Phi) is 5.16. The zero-order valence-electron chi connectivity index (χ0n) is 13.5. The topological polar surface area (TPSA) is 58.6 Å². The Morgan fingerprint density at radius 1 is 1.20 bits per heavy atom. The summed E-state index contributed by atoms with van der Waals surface area (Å²) in [5.41, 5.74) is 1.18. The number of benzene rings is 2. The summed E-state index contributed by atoms with van der Waals surface area (Å²) in [4.78, 5) is 26.3. The van der Waals surface area contributed by atoms with E-state index in [4.69, 9.17) is 27.9 Å². The molecule has 3 rings (SSSR count). The molecule has 0 unspecified atom stereocenters. The van der Waals surface area contributed by atoms with Gasteiger partial charge in [0.2, 0.25) is 11.8 Å². The molecule has 1 aliphatic rings. The van der Waals surface area contributed by atoms with Gasteiger partial charge in [0.1, 0.15) is 5.75 Å². The Hall–Kier alpha value is -2.24. The van der Waals surface area contributed by atoms with Crippen molar-refractivity contribution in [3.63, 3.8) is 0 Å². The standard InChI is InChI=1S/C18H16Cl2N2O3/c1-25-14-5-3-13(4-6-14)21-18(24)11-8-17(23)22(10-11)16-9-12(19)2-7-15(16)20/h2-7,9,11H,8,10H2,1H3,(H,21,24)/t11-/m0/s1. The van der Waals surface area contributed by atoms with Gasteiger partial charge in [-0.25, -0.2) is 0 Å². The highest BCUT2D eigenvalue weighted by Crippen LogP contribution is 2.33. The fraction of sp³-hybridized carbons (Fsp3) is 0.222. The van der Waals surface area contributed by atoms with Gasteiger partial charge in [-0.05, 0) is 42.5 Å². The average molecular weight is 379 g/mol. The van der Waals surface area contributed by atoms with Crippen LogP contribution in [0.2, 0.25) is 10.0 Å². The molecule has 1 atom stereocenters. The summed E-state index contributed by atoms with van der Waals surface area (Å²) in [6, 6.07) is 11.9. The van der Waals surface area contributed by atoms with Gasteiger partial charge in [-0.15, -0.1) is 0 Å². The number of methoxy groups -OCH3 is 1. The Morgan fingerprint density at radius 2 is 1.92 bits per heavy atom. The first-order chi connectivity index (χ1) is 12.0. The predicted octanol–water partition coefficient (Wildman–Crippen LogP) is 3.99. The molecule has 7 heteroatoms. The first-order valence-corrected chi connectivity index (χ1v) is 8.44. The van der Waals surface area contributed by atoms with E-state index in [9.17, 15) is 9.59 Å². The monoisotopic (exact) mass is 378 g/mol. The van der Waals surface area contributed by atoms with Crippen LogP contribution >= 0.6 is 23.2 Å². The number of carbonyl (C=O) groups excluding carboxylic acids is 2. The van der Waals surface area contributed by atoms with Crippen LogP contribution in [0.4, 0.5) is 11.4 Å². The first kappa shape index (κ1) is 17.6. The zero-order valence-corrected chi connectivity index (χ0v) is 15.0. The molecule has 2 aromatic carbocycles. The van der Waals surface area contributed by atoms with Crippen LogP contribution in [-0.2, 0) is 9.59 Å². The SMILES string of the molecule is COc1ccc(NC(=O)[C@H]2CC(=O)N(c3cc(Cl)ccc3Cl)C2)cc1. The van der Waals surface area contributed by atoms with E-state index in [1.54, 1.807) is 49.6 Å². The summed E-state index contributed by atoms with van der Waals surface area (Å²) in [5.74, 6) is -0.112. The molecule has 1 heterocycles. The van der Waals surface area contributed by atoms with Gasteiger partial charge in [0.25, 0.3) is 0 Å². The van der Waals surface area contributed by atoms with E-state index >= 15 is 0 Å². The lowest BCUT2D eigenvalue weighted by molar-refractivity contribution is -0.122. The van der Waals surface area contributed by atoms with Gasteiger partial charge < -0.3 is 15.0 Å². The van der Waals surface area contributed by atoms with Gasteiger partial charge in [-0.3, -0.25) is 9.59 Å².